The molecule has 0 fully saturated rings. The number of fused-ring (bicyclic) bond motifs is 1. The molecular weight excluding hydrogens is 218 g/mol. The number of aromatic nitrogens is 2. The first kappa shape index (κ1) is 11.6. The van der Waals surface area contributed by atoms with Gasteiger partial charge >= 0.3 is 0 Å². The molecule has 0 spiro atoms. The molecule has 5 heteroatoms. The van der Waals surface area contributed by atoms with E-state index in [1.807, 2.05) is 43.7 Å². The van der Waals surface area contributed by atoms with E-state index in [2.05, 4.69) is 4.98 Å². The molecular formula is C12H15N3O2. The van der Waals surface area contributed by atoms with E-state index in [-0.39, 0.29) is 5.69 Å². The van der Waals surface area contributed by atoms with Gasteiger partial charge in [-0.2, -0.15) is 0 Å². The van der Waals surface area contributed by atoms with Crippen LogP contribution < -0.4 is 10.0 Å². The van der Waals surface area contributed by atoms with Gasteiger partial charge in [0.25, 0.3) is 0 Å². The summed E-state index contributed by atoms with van der Waals surface area (Å²) in [5.74, 6) is -1.22. The lowest BCUT2D eigenvalue weighted by Crippen LogP contribution is -3.04. The summed E-state index contributed by atoms with van der Waals surface area (Å²) in [6, 6.07) is 3.73. The van der Waals surface area contributed by atoms with Crippen LogP contribution in [-0.2, 0) is 6.54 Å². The maximum atomic E-state index is 11.1. The summed E-state index contributed by atoms with van der Waals surface area (Å²) in [7, 11) is 3.93. The molecule has 1 N–H and O–H groups in total. The average Bonchev–Trinajstić information content (AvgIpc) is 2.56. The quantitative estimate of drug-likeness (QED) is 0.713. The second-order valence-corrected chi connectivity index (χ2v) is 4.51. The van der Waals surface area contributed by atoms with Gasteiger partial charge < -0.3 is 14.8 Å². The van der Waals surface area contributed by atoms with E-state index in [4.69, 9.17) is 0 Å². The fourth-order valence-corrected chi connectivity index (χ4v) is 1.87. The summed E-state index contributed by atoms with van der Waals surface area (Å²) >= 11 is 0. The number of pyridine rings is 1. The number of hydrogen-bond donors (Lipinski definition) is 1. The van der Waals surface area contributed by atoms with Crippen LogP contribution in [0.15, 0.2) is 18.3 Å². The van der Waals surface area contributed by atoms with Crippen molar-refractivity contribution in [2.75, 3.05) is 14.1 Å². The Labute approximate surface area is 99.3 Å². The van der Waals surface area contributed by atoms with Crippen LogP contribution >= 0.6 is 0 Å². The molecule has 90 valence electrons. The van der Waals surface area contributed by atoms with Gasteiger partial charge in [0.05, 0.1) is 20.1 Å². The van der Waals surface area contributed by atoms with Crippen LogP contribution in [0, 0.1) is 6.92 Å². The van der Waals surface area contributed by atoms with Crippen LogP contribution in [0.1, 0.15) is 21.7 Å². The molecule has 2 heterocycles. The lowest BCUT2D eigenvalue weighted by Gasteiger charge is -2.09. The second kappa shape index (κ2) is 4.18. The fourth-order valence-electron chi connectivity index (χ4n) is 1.87. The van der Waals surface area contributed by atoms with E-state index in [0.29, 0.717) is 17.9 Å². The number of rotatable bonds is 3. The maximum absolute atomic E-state index is 11.1. The van der Waals surface area contributed by atoms with Crippen LogP contribution in [0.3, 0.4) is 0 Å². The summed E-state index contributed by atoms with van der Waals surface area (Å²) in [6.07, 6.45) is 1.90. The number of carboxylic acids is 1. The molecule has 2 aromatic heterocycles. The average molecular weight is 233 g/mol. The Morgan fingerprint density at radius 3 is 2.76 bits per heavy atom. The van der Waals surface area contributed by atoms with Crippen molar-refractivity contribution in [1.82, 2.24) is 9.38 Å². The van der Waals surface area contributed by atoms with Crippen molar-refractivity contribution in [3.63, 3.8) is 0 Å². The molecule has 0 aliphatic carbocycles. The van der Waals surface area contributed by atoms with Crippen LogP contribution in [0.2, 0.25) is 0 Å². The Morgan fingerprint density at radius 1 is 1.47 bits per heavy atom. The molecule has 0 atom stereocenters. The number of carboxylic acid groups (broad SMARTS) is 1. The number of carbonyl (C=O) groups excluding carboxylic acids is 1. The third kappa shape index (κ3) is 2.14. The summed E-state index contributed by atoms with van der Waals surface area (Å²) in [5, 5.41) is 11.1. The van der Waals surface area contributed by atoms with E-state index >= 15 is 0 Å². The highest BCUT2D eigenvalue weighted by atomic mass is 16.4. The topological polar surface area (TPSA) is 61.9 Å². The smallest absolute Gasteiger partial charge is 0.137 e. The molecule has 0 saturated carbocycles. The summed E-state index contributed by atoms with van der Waals surface area (Å²) in [4.78, 5) is 16.3. The SMILES string of the molecule is Cc1ccc2nc(C(=O)[O-])c(C[NH+](C)C)n2c1. The molecule has 0 aliphatic rings. The van der Waals surface area contributed by atoms with Crippen LogP contribution in [0.25, 0.3) is 5.65 Å². The maximum Gasteiger partial charge on any atom is 0.137 e. The summed E-state index contributed by atoms with van der Waals surface area (Å²) in [6.45, 7) is 2.55. The van der Waals surface area contributed by atoms with Crippen molar-refractivity contribution < 1.29 is 14.8 Å². The monoisotopic (exact) mass is 233 g/mol. The van der Waals surface area contributed by atoms with Gasteiger partial charge in [-0.1, -0.05) is 6.07 Å². The van der Waals surface area contributed by atoms with E-state index in [1.54, 1.807) is 0 Å². The van der Waals surface area contributed by atoms with Gasteiger partial charge in [0, 0.05) is 6.20 Å². The number of aryl methyl sites for hydroxylation is 1. The highest BCUT2D eigenvalue weighted by Gasteiger charge is 2.15. The van der Waals surface area contributed by atoms with Crippen molar-refractivity contribution in [3.8, 4) is 0 Å². The number of hydrogen-bond acceptors (Lipinski definition) is 3. The highest BCUT2D eigenvalue weighted by molar-refractivity contribution is 5.86. The number of nitrogens with zero attached hydrogens (tertiary/aromatic N) is 2. The third-order valence-corrected chi connectivity index (χ3v) is 2.58. The molecule has 0 radical (unpaired) electrons. The Kier molecular flexibility index (Phi) is 2.85. The van der Waals surface area contributed by atoms with E-state index in [0.717, 1.165) is 10.5 Å². The molecule has 2 aromatic rings. The number of nitrogens with one attached hydrogen (secondary N) is 1. The van der Waals surface area contributed by atoms with Gasteiger partial charge in [-0.05, 0) is 18.6 Å². The zero-order chi connectivity index (χ0) is 12.6. The first-order valence-electron chi connectivity index (χ1n) is 5.47. The Morgan fingerprint density at radius 2 is 2.18 bits per heavy atom. The minimum Gasteiger partial charge on any atom is -0.543 e. The molecule has 0 unspecified atom stereocenters. The molecule has 0 bridgehead atoms. The van der Waals surface area contributed by atoms with Gasteiger partial charge in [0.15, 0.2) is 0 Å². The first-order valence-corrected chi connectivity index (χ1v) is 5.47. The van der Waals surface area contributed by atoms with Crippen molar-refractivity contribution in [1.29, 1.82) is 0 Å². The molecule has 0 saturated heterocycles. The Bertz CT molecular complexity index is 572. The van der Waals surface area contributed by atoms with Gasteiger partial charge in [-0.15, -0.1) is 0 Å². The molecule has 2 rings (SSSR count). The molecule has 0 aromatic carbocycles. The van der Waals surface area contributed by atoms with Crippen LogP contribution in [0.4, 0.5) is 0 Å². The van der Waals surface area contributed by atoms with Crippen molar-refractivity contribution >= 4 is 11.6 Å². The normalized spacial score (nSPS) is 11.3. The fraction of sp³-hybridized carbons (Fsp3) is 0.333. The summed E-state index contributed by atoms with van der Waals surface area (Å²) < 4.78 is 1.83. The van der Waals surface area contributed by atoms with Gasteiger partial charge in [-0.25, -0.2) is 4.98 Å². The summed E-state index contributed by atoms with van der Waals surface area (Å²) in [5.41, 5.74) is 2.43. The second-order valence-electron chi connectivity index (χ2n) is 4.51. The lowest BCUT2D eigenvalue weighted by molar-refractivity contribution is -0.873. The van der Waals surface area contributed by atoms with Crippen molar-refractivity contribution in [2.24, 2.45) is 0 Å². The van der Waals surface area contributed by atoms with Gasteiger partial charge in [0.2, 0.25) is 0 Å². The van der Waals surface area contributed by atoms with Gasteiger partial charge in [-0.3, -0.25) is 4.40 Å². The standard InChI is InChI=1S/C12H15N3O2/c1-8-4-5-10-13-11(12(16)17)9(7-14(2)3)15(10)6-8/h4-6H,7H2,1-3H3,(H,16,17). The van der Waals surface area contributed by atoms with Crippen molar-refractivity contribution in [3.05, 3.63) is 35.3 Å². The highest BCUT2D eigenvalue weighted by Crippen LogP contribution is 2.12. The Hall–Kier alpha value is -1.88. The van der Waals surface area contributed by atoms with E-state index in [9.17, 15) is 9.90 Å². The van der Waals surface area contributed by atoms with Crippen LogP contribution in [0.5, 0.6) is 0 Å². The van der Waals surface area contributed by atoms with E-state index < -0.39 is 5.97 Å². The lowest BCUT2D eigenvalue weighted by atomic mass is 10.3. The number of carbonyl (C=O) groups is 1. The zero-order valence-corrected chi connectivity index (χ0v) is 10.2. The minimum absolute atomic E-state index is 0.0387. The van der Waals surface area contributed by atoms with Crippen molar-refractivity contribution in [2.45, 2.75) is 13.5 Å². The number of imidazole rings is 1. The predicted molar refractivity (Wildman–Crippen MR) is 60.8 cm³/mol. The predicted octanol–water partition coefficient (Wildman–Crippen LogP) is -1.35. The molecule has 5 nitrogen and oxygen atoms in total. The largest absolute Gasteiger partial charge is 0.543 e. The van der Waals surface area contributed by atoms with E-state index in [1.165, 1.54) is 0 Å². The van der Waals surface area contributed by atoms with Crippen LogP contribution in [-0.4, -0.2) is 29.4 Å². The number of quaternary nitrogens is 1. The number of aromatic carboxylic acids is 1. The third-order valence-electron chi connectivity index (χ3n) is 2.58. The zero-order valence-electron chi connectivity index (χ0n) is 10.2. The first-order chi connectivity index (χ1) is 7.99. The minimum atomic E-state index is -1.22. The molecule has 0 amide bonds. The molecule has 17 heavy (non-hydrogen) atoms. The Balaban J connectivity index is 2.68. The molecule has 0 aliphatic heterocycles. The van der Waals surface area contributed by atoms with Gasteiger partial charge in [0.1, 0.15) is 23.6 Å².